The molecular weight excluding hydrogens is 282 g/mol. The molecule has 23 heavy (non-hydrogen) atoms. The SMILES string of the molecule is C=Cc1ccc(COCc2ccc(-c3ccccn3)cc2)cc1. The van der Waals surface area contributed by atoms with E-state index in [0.717, 1.165) is 22.4 Å². The van der Waals surface area contributed by atoms with Crippen molar-refractivity contribution in [1.82, 2.24) is 4.98 Å². The summed E-state index contributed by atoms with van der Waals surface area (Å²) in [5.74, 6) is 0. The Balaban J connectivity index is 1.55. The van der Waals surface area contributed by atoms with Crippen LogP contribution in [0.5, 0.6) is 0 Å². The molecule has 0 aliphatic carbocycles. The molecule has 2 nitrogen and oxygen atoms in total. The average Bonchev–Trinajstić information content (AvgIpc) is 2.64. The Morgan fingerprint density at radius 1 is 0.826 bits per heavy atom. The second-order valence-electron chi connectivity index (χ2n) is 5.35. The average molecular weight is 301 g/mol. The highest BCUT2D eigenvalue weighted by molar-refractivity contribution is 5.58. The van der Waals surface area contributed by atoms with Gasteiger partial charge in [-0.2, -0.15) is 0 Å². The maximum Gasteiger partial charge on any atom is 0.0721 e. The van der Waals surface area contributed by atoms with Crippen molar-refractivity contribution < 1.29 is 4.74 Å². The molecule has 114 valence electrons. The van der Waals surface area contributed by atoms with Crippen molar-refractivity contribution in [3.05, 3.63) is 96.2 Å². The molecule has 0 aliphatic heterocycles. The number of rotatable bonds is 6. The van der Waals surface area contributed by atoms with Gasteiger partial charge in [-0.15, -0.1) is 0 Å². The minimum absolute atomic E-state index is 0.603. The van der Waals surface area contributed by atoms with Gasteiger partial charge >= 0.3 is 0 Å². The number of benzene rings is 2. The van der Waals surface area contributed by atoms with E-state index in [1.165, 1.54) is 5.56 Å². The lowest BCUT2D eigenvalue weighted by Crippen LogP contribution is -1.94. The van der Waals surface area contributed by atoms with Crippen LogP contribution in [-0.4, -0.2) is 4.98 Å². The highest BCUT2D eigenvalue weighted by Gasteiger charge is 1.99. The number of pyridine rings is 1. The first-order valence-corrected chi connectivity index (χ1v) is 7.64. The van der Waals surface area contributed by atoms with Crippen LogP contribution in [0.3, 0.4) is 0 Å². The Kier molecular flexibility index (Phi) is 4.97. The molecular formula is C21H19NO. The molecule has 0 aliphatic rings. The van der Waals surface area contributed by atoms with Crippen LogP contribution >= 0.6 is 0 Å². The lowest BCUT2D eigenvalue weighted by Gasteiger charge is -2.06. The van der Waals surface area contributed by atoms with Gasteiger partial charge in [-0.1, -0.05) is 67.3 Å². The summed E-state index contributed by atoms with van der Waals surface area (Å²) < 4.78 is 5.78. The minimum Gasteiger partial charge on any atom is -0.372 e. The number of aromatic nitrogens is 1. The lowest BCUT2D eigenvalue weighted by atomic mass is 10.1. The number of ether oxygens (including phenoxy) is 1. The highest BCUT2D eigenvalue weighted by atomic mass is 16.5. The largest absolute Gasteiger partial charge is 0.372 e. The third-order valence-corrected chi connectivity index (χ3v) is 3.67. The molecule has 2 heteroatoms. The zero-order chi connectivity index (χ0) is 15.9. The second-order valence-corrected chi connectivity index (χ2v) is 5.35. The summed E-state index contributed by atoms with van der Waals surface area (Å²) in [6, 6.07) is 22.5. The molecule has 0 saturated carbocycles. The van der Waals surface area contributed by atoms with Gasteiger partial charge in [0.15, 0.2) is 0 Å². The normalized spacial score (nSPS) is 10.4. The number of hydrogen-bond donors (Lipinski definition) is 0. The zero-order valence-electron chi connectivity index (χ0n) is 13.0. The van der Waals surface area contributed by atoms with Gasteiger partial charge in [0, 0.05) is 11.8 Å². The number of hydrogen-bond acceptors (Lipinski definition) is 2. The summed E-state index contributed by atoms with van der Waals surface area (Å²) >= 11 is 0. The molecule has 0 atom stereocenters. The first kappa shape index (κ1) is 15.2. The Morgan fingerprint density at radius 3 is 2.04 bits per heavy atom. The van der Waals surface area contributed by atoms with E-state index in [0.29, 0.717) is 13.2 Å². The summed E-state index contributed by atoms with van der Waals surface area (Å²) in [5, 5.41) is 0. The fourth-order valence-electron chi connectivity index (χ4n) is 2.34. The minimum atomic E-state index is 0.603. The van der Waals surface area contributed by atoms with Gasteiger partial charge in [0.25, 0.3) is 0 Å². The summed E-state index contributed by atoms with van der Waals surface area (Å²) in [4.78, 5) is 4.36. The van der Waals surface area contributed by atoms with E-state index >= 15 is 0 Å². The Bertz CT molecular complexity index is 746. The summed E-state index contributed by atoms with van der Waals surface area (Å²) in [7, 11) is 0. The maximum atomic E-state index is 5.78. The predicted molar refractivity (Wildman–Crippen MR) is 94.7 cm³/mol. The summed E-state index contributed by atoms with van der Waals surface area (Å²) in [6.45, 7) is 4.97. The summed E-state index contributed by atoms with van der Waals surface area (Å²) in [5.41, 5.74) is 5.56. The lowest BCUT2D eigenvalue weighted by molar-refractivity contribution is 0.107. The molecule has 0 amide bonds. The first-order valence-electron chi connectivity index (χ1n) is 7.64. The van der Waals surface area contributed by atoms with Crippen LogP contribution in [0, 0.1) is 0 Å². The van der Waals surface area contributed by atoms with Crippen molar-refractivity contribution in [2.24, 2.45) is 0 Å². The van der Waals surface area contributed by atoms with E-state index < -0.39 is 0 Å². The number of nitrogens with zero attached hydrogens (tertiary/aromatic N) is 1. The van der Waals surface area contributed by atoms with E-state index in [4.69, 9.17) is 4.74 Å². The smallest absolute Gasteiger partial charge is 0.0721 e. The molecule has 0 N–H and O–H groups in total. The molecule has 0 fully saturated rings. The van der Waals surface area contributed by atoms with Crippen molar-refractivity contribution in [1.29, 1.82) is 0 Å². The van der Waals surface area contributed by atoms with E-state index in [2.05, 4.69) is 48.0 Å². The van der Waals surface area contributed by atoms with E-state index in [1.54, 1.807) is 0 Å². The van der Waals surface area contributed by atoms with Crippen LogP contribution in [0.2, 0.25) is 0 Å². The van der Waals surface area contributed by atoms with Gasteiger partial charge < -0.3 is 4.74 Å². The van der Waals surface area contributed by atoms with Crippen molar-refractivity contribution in [2.45, 2.75) is 13.2 Å². The molecule has 0 radical (unpaired) electrons. The van der Waals surface area contributed by atoms with Crippen LogP contribution in [0.4, 0.5) is 0 Å². The van der Waals surface area contributed by atoms with Gasteiger partial charge in [-0.25, -0.2) is 0 Å². The maximum absolute atomic E-state index is 5.78. The van der Waals surface area contributed by atoms with Crippen molar-refractivity contribution in [3.63, 3.8) is 0 Å². The molecule has 0 bridgehead atoms. The van der Waals surface area contributed by atoms with Gasteiger partial charge in [0.2, 0.25) is 0 Å². The van der Waals surface area contributed by atoms with Crippen molar-refractivity contribution >= 4 is 6.08 Å². The fraction of sp³-hybridized carbons (Fsp3) is 0.0952. The third kappa shape index (κ3) is 4.15. The molecule has 0 saturated heterocycles. The molecule has 1 heterocycles. The molecule has 0 unspecified atom stereocenters. The molecule has 3 aromatic rings. The Labute approximate surface area is 137 Å². The van der Waals surface area contributed by atoms with E-state index in [-0.39, 0.29) is 0 Å². The van der Waals surface area contributed by atoms with Crippen LogP contribution in [0.15, 0.2) is 79.5 Å². The molecule has 1 aromatic heterocycles. The van der Waals surface area contributed by atoms with Crippen molar-refractivity contribution in [3.8, 4) is 11.3 Å². The van der Waals surface area contributed by atoms with Gasteiger partial charge in [-0.3, -0.25) is 4.98 Å². The third-order valence-electron chi connectivity index (χ3n) is 3.67. The van der Waals surface area contributed by atoms with Crippen LogP contribution in [0.25, 0.3) is 17.3 Å². The monoisotopic (exact) mass is 301 g/mol. The standard InChI is InChI=1S/C21H19NO/c1-2-17-6-8-18(9-7-17)15-23-16-19-10-12-20(13-11-19)21-5-3-4-14-22-21/h2-14H,1,15-16H2. The second kappa shape index (κ2) is 7.52. The molecule has 0 spiro atoms. The van der Waals surface area contributed by atoms with Gasteiger partial charge in [-0.05, 0) is 28.8 Å². The Hall–Kier alpha value is -2.71. The molecule has 3 rings (SSSR count). The van der Waals surface area contributed by atoms with Gasteiger partial charge in [0.05, 0.1) is 18.9 Å². The quantitative estimate of drug-likeness (QED) is 0.631. The first-order chi connectivity index (χ1) is 11.3. The van der Waals surface area contributed by atoms with Crippen LogP contribution < -0.4 is 0 Å². The summed E-state index contributed by atoms with van der Waals surface area (Å²) in [6.07, 6.45) is 3.65. The fourth-order valence-corrected chi connectivity index (χ4v) is 2.34. The topological polar surface area (TPSA) is 22.1 Å². The molecule has 2 aromatic carbocycles. The van der Waals surface area contributed by atoms with Crippen molar-refractivity contribution in [2.75, 3.05) is 0 Å². The zero-order valence-corrected chi connectivity index (χ0v) is 13.0. The van der Waals surface area contributed by atoms with E-state index in [9.17, 15) is 0 Å². The van der Waals surface area contributed by atoms with Gasteiger partial charge in [0.1, 0.15) is 0 Å². The Morgan fingerprint density at radius 2 is 1.48 bits per heavy atom. The highest BCUT2D eigenvalue weighted by Crippen LogP contribution is 2.17. The van der Waals surface area contributed by atoms with Crippen LogP contribution in [0.1, 0.15) is 16.7 Å². The predicted octanol–water partition coefficient (Wildman–Crippen LogP) is 5.11. The van der Waals surface area contributed by atoms with Crippen LogP contribution in [-0.2, 0) is 18.0 Å². The van der Waals surface area contributed by atoms with E-state index in [1.807, 2.05) is 42.6 Å².